The largest absolute Gasteiger partial charge is 0.330 e. The van der Waals surface area contributed by atoms with Gasteiger partial charge in [-0.3, -0.25) is 0 Å². The van der Waals surface area contributed by atoms with E-state index in [9.17, 15) is 0 Å². The lowest BCUT2D eigenvalue weighted by molar-refractivity contribution is 0.322. The molecule has 0 aromatic heterocycles. The maximum atomic E-state index is 5.64. The van der Waals surface area contributed by atoms with Crippen molar-refractivity contribution in [1.82, 2.24) is 5.32 Å². The van der Waals surface area contributed by atoms with Crippen molar-refractivity contribution >= 4 is 0 Å². The monoisotopic (exact) mass is 128 g/mol. The molecule has 2 nitrogen and oxygen atoms in total. The van der Waals surface area contributed by atoms with Gasteiger partial charge in [0.25, 0.3) is 0 Å². The van der Waals surface area contributed by atoms with Gasteiger partial charge in [0.15, 0.2) is 0 Å². The molecule has 3 N–H and O–H groups in total. The number of hydrogen-bond acceptors (Lipinski definition) is 2. The van der Waals surface area contributed by atoms with Gasteiger partial charge in [0.2, 0.25) is 0 Å². The van der Waals surface area contributed by atoms with Crippen LogP contribution in [0.25, 0.3) is 0 Å². The van der Waals surface area contributed by atoms with E-state index in [1.165, 1.54) is 12.8 Å². The highest BCUT2D eigenvalue weighted by molar-refractivity contribution is 4.87. The highest BCUT2D eigenvalue weighted by atomic mass is 14.9. The van der Waals surface area contributed by atoms with Crippen molar-refractivity contribution in [2.75, 3.05) is 19.6 Å². The van der Waals surface area contributed by atoms with Crippen LogP contribution >= 0.6 is 0 Å². The van der Waals surface area contributed by atoms with Gasteiger partial charge < -0.3 is 11.1 Å². The van der Waals surface area contributed by atoms with Crippen molar-refractivity contribution in [2.24, 2.45) is 11.1 Å². The van der Waals surface area contributed by atoms with Crippen molar-refractivity contribution in [3.8, 4) is 0 Å². The summed E-state index contributed by atoms with van der Waals surface area (Å²) in [4.78, 5) is 0. The Morgan fingerprint density at radius 3 is 2.67 bits per heavy atom. The van der Waals surface area contributed by atoms with Crippen LogP contribution < -0.4 is 11.1 Å². The summed E-state index contributed by atoms with van der Waals surface area (Å²) in [5, 5.41) is 3.34. The Bertz CT molecular complexity index is 78.9. The van der Waals surface area contributed by atoms with Crippen molar-refractivity contribution in [3.63, 3.8) is 0 Å². The quantitative estimate of drug-likeness (QED) is 0.562. The first-order valence-electron chi connectivity index (χ1n) is 3.74. The number of nitrogens with two attached hydrogens (primary N) is 1. The van der Waals surface area contributed by atoms with E-state index in [1.54, 1.807) is 0 Å². The summed E-state index contributed by atoms with van der Waals surface area (Å²) >= 11 is 0. The van der Waals surface area contributed by atoms with Gasteiger partial charge in [-0.25, -0.2) is 0 Å². The number of hydrogen-bond donors (Lipinski definition) is 2. The third-order valence-corrected chi connectivity index (χ3v) is 2.52. The first-order chi connectivity index (χ1) is 4.33. The molecule has 1 rings (SSSR count). The van der Waals surface area contributed by atoms with Crippen LogP contribution in [0.1, 0.15) is 19.8 Å². The summed E-state index contributed by atoms with van der Waals surface area (Å²) in [5.74, 6) is 0. The Labute approximate surface area is 56.8 Å². The molecular weight excluding hydrogens is 112 g/mol. The standard InChI is InChI=1S/C7H16N2/c1-2-7(5-8)3-4-9-6-7/h9H,2-6,8H2,1H3. The zero-order chi connectivity index (χ0) is 6.74. The fourth-order valence-electron chi connectivity index (χ4n) is 1.42. The fraction of sp³-hybridized carbons (Fsp3) is 1.00. The zero-order valence-corrected chi connectivity index (χ0v) is 6.11. The number of rotatable bonds is 2. The van der Waals surface area contributed by atoms with E-state index in [0.717, 1.165) is 19.6 Å². The molecule has 0 bridgehead atoms. The van der Waals surface area contributed by atoms with Gasteiger partial charge in [-0.1, -0.05) is 6.92 Å². The minimum Gasteiger partial charge on any atom is -0.330 e. The summed E-state index contributed by atoms with van der Waals surface area (Å²) in [6.07, 6.45) is 2.48. The Morgan fingerprint density at radius 2 is 2.44 bits per heavy atom. The fourth-order valence-corrected chi connectivity index (χ4v) is 1.42. The molecule has 54 valence electrons. The summed E-state index contributed by atoms with van der Waals surface area (Å²) in [6, 6.07) is 0. The molecule has 0 aromatic rings. The van der Waals surface area contributed by atoms with E-state index < -0.39 is 0 Å². The van der Waals surface area contributed by atoms with Crippen molar-refractivity contribution in [2.45, 2.75) is 19.8 Å². The Hall–Kier alpha value is -0.0800. The maximum absolute atomic E-state index is 5.64. The Kier molecular flexibility index (Phi) is 2.09. The molecule has 1 aliphatic heterocycles. The second kappa shape index (κ2) is 2.67. The molecule has 1 atom stereocenters. The van der Waals surface area contributed by atoms with Crippen molar-refractivity contribution in [3.05, 3.63) is 0 Å². The zero-order valence-electron chi connectivity index (χ0n) is 6.11. The first-order valence-corrected chi connectivity index (χ1v) is 3.74. The van der Waals surface area contributed by atoms with E-state index in [4.69, 9.17) is 5.73 Å². The molecule has 0 aromatic carbocycles. The molecule has 1 saturated heterocycles. The average molecular weight is 128 g/mol. The van der Waals surface area contributed by atoms with Crippen LogP contribution in [-0.2, 0) is 0 Å². The molecular formula is C7H16N2. The third-order valence-electron chi connectivity index (χ3n) is 2.52. The van der Waals surface area contributed by atoms with Crippen LogP contribution in [0, 0.1) is 5.41 Å². The highest BCUT2D eigenvalue weighted by Crippen LogP contribution is 2.27. The average Bonchev–Trinajstić information content (AvgIpc) is 2.36. The summed E-state index contributed by atoms with van der Waals surface area (Å²) < 4.78 is 0. The minimum absolute atomic E-state index is 0.444. The molecule has 1 heterocycles. The maximum Gasteiger partial charge on any atom is 0.00203 e. The van der Waals surface area contributed by atoms with Gasteiger partial charge in [-0.15, -0.1) is 0 Å². The predicted octanol–water partition coefficient (Wildman–Crippen LogP) is 0.335. The lowest BCUT2D eigenvalue weighted by Gasteiger charge is -2.23. The first kappa shape index (κ1) is 7.03. The summed E-state index contributed by atoms with van der Waals surface area (Å²) in [5.41, 5.74) is 6.08. The SMILES string of the molecule is CCC1(CN)CCNC1. The van der Waals surface area contributed by atoms with E-state index >= 15 is 0 Å². The van der Waals surface area contributed by atoms with Gasteiger partial charge in [0, 0.05) is 6.54 Å². The van der Waals surface area contributed by atoms with Crippen LogP contribution in [0.15, 0.2) is 0 Å². The topological polar surface area (TPSA) is 38.0 Å². The van der Waals surface area contributed by atoms with Crippen molar-refractivity contribution in [1.29, 1.82) is 0 Å². The van der Waals surface area contributed by atoms with Gasteiger partial charge in [-0.05, 0) is 31.3 Å². The molecule has 0 amide bonds. The summed E-state index contributed by atoms with van der Waals surface area (Å²) in [6.45, 7) is 5.35. The van der Waals surface area contributed by atoms with Crippen molar-refractivity contribution < 1.29 is 0 Å². The lowest BCUT2D eigenvalue weighted by Crippen LogP contribution is -2.31. The molecule has 1 aliphatic rings. The van der Waals surface area contributed by atoms with Gasteiger partial charge in [-0.2, -0.15) is 0 Å². The van der Waals surface area contributed by atoms with Crippen LogP contribution in [0.5, 0.6) is 0 Å². The minimum atomic E-state index is 0.444. The van der Waals surface area contributed by atoms with Gasteiger partial charge >= 0.3 is 0 Å². The van der Waals surface area contributed by atoms with E-state index in [2.05, 4.69) is 12.2 Å². The molecule has 1 fully saturated rings. The summed E-state index contributed by atoms with van der Waals surface area (Å²) in [7, 11) is 0. The molecule has 0 saturated carbocycles. The second-order valence-corrected chi connectivity index (χ2v) is 2.98. The Morgan fingerprint density at radius 1 is 1.67 bits per heavy atom. The van der Waals surface area contributed by atoms with E-state index in [1.807, 2.05) is 0 Å². The van der Waals surface area contributed by atoms with Crippen LogP contribution in [0.3, 0.4) is 0 Å². The predicted molar refractivity (Wildman–Crippen MR) is 39.3 cm³/mol. The van der Waals surface area contributed by atoms with Crippen LogP contribution in [0.4, 0.5) is 0 Å². The lowest BCUT2D eigenvalue weighted by atomic mass is 9.85. The highest BCUT2D eigenvalue weighted by Gasteiger charge is 2.29. The number of nitrogens with one attached hydrogen (secondary N) is 1. The second-order valence-electron chi connectivity index (χ2n) is 2.98. The van der Waals surface area contributed by atoms with Crippen LogP contribution in [0.2, 0.25) is 0 Å². The molecule has 0 spiro atoms. The third kappa shape index (κ3) is 1.25. The molecule has 1 unspecified atom stereocenters. The Balaban J connectivity index is 2.45. The van der Waals surface area contributed by atoms with Gasteiger partial charge in [0.05, 0.1) is 0 Å². The van der Waals surface area contributed by atoms with Crippen LogP contribution in [-0.4, -0.2) is 19.6 Å². The van der Waals surface area contributed by atoms with Gasteiger partial charge in [0.1, 0.15) is 0 Å². The molecule has 9 heavy (non-hydrogen) atoms. The molecule has 0 radical (unpaired) electrons. The normalized spacial score (nSPS) is 35.3. The van der Waals surface area contributed by atoms with E-state index in [-0.39, 0.29) is 0 Å². The smallest absolute Gasteiger partial charge is 0.00203 e. The van der Waals surface area contributed by atoms with E-state index in [0.29, 0.717) is 5.41 Å². The molecule has 0 aliphatic carbocycles. The molecule has 2 heteroatoms.